The van der Waals surface area contributed by atoms with Gasteiger partial charge in [-0.2, -0.15) is 4.31 Å². The molecule has 3 aliphatic rings. The van der Waals surface area contributed by atoms with Crippen molar-refractivity contribution in [1.82, 2.24) is 4.31 Å². The van der Waals surface area contributed by atoms with E-state index in [1.807, 2.05) is 6.07 Å². The van der Waals surface area contributed by atoms with Crippen molar-refractivity contribution < 1.29 is 22.7 Å². The third-order valence-corrected chi connectivity index (χ3v) is 8.60. The third kappa shape index (κ3) is 5.81. The molecule has 0 radical (unpaired) electrons. The number of anilines is 2. The van der Waals surface area contributed by atoms with E-state index in [1.165, 1.54) is 36.4 Å². The van der Waals surface area contributed by atoms with Crippen LogP contribution in [0.2, 0.25) is 0 Å². The Morgan fingerprint density at radius 2 is 1.62 bits per heavy atom. The second-order valence-corrected chi connectivity index (χ2v) is 10.8. The number of amides is 1. The number of carbonyl (C=O) groups excluding carboxylic acids is 1. The summed E-state index contributed by atoms with van der Waals surface area (Å²) in [5.74, 6) is 0.576. The van der Waals surface area contributed by atoms with E-state index in [4.69, 9.17) is 9.47 Å². The number of hydrogen-bond acceptors (Lipinski definition) is 6. The SMILES string of the molecule is O=C(CCC1CCCCC1)Nc1cc(S(=O)(=O)N2CCOCC2)ccc1N1CCOCC1. The quantitative estimate of drug-likeness (QED) is 0.666. The molecule has 178 valence electrons. The molecule has 1 amide bonds. The van der Waals surface area contributed by atoms with Gasteiger partial charge in [-0.3, -0.25) is 4.79 Å². The Balaban J connectivity index is 1.52. The first-order valence-electron chi connectivity index (χ1n) is 11.9. The van der Waals surface area contributed by atoms with Crippen LogP contribution in [-0.4, -0.2) is 71.2 Å². The smallest absolute Gasteiger partial charge is 0.243 e. The zero-order valence-electron chi connectivity index (χ0n) is 18.8. The molecule has 1 aromatic carbocycles. The van der Waals surface area contributed by atoms with Gasteiger partial charge in [0.2, 0.25) is 15.9 Å². The molecule has 1 saturated carbocycles. The normalized spacial score (nSPS) is 21.4. The molecule has 0 aromatic heterocycles. The van der Waals surface area contributed by atoms with Gasteiger partial charge in [0.15, 0.2) is 0 Å². The second-order valence-electron chi connectivity index (χ2n) is 8.89. The van der Waals surface area contributed by atoms with Crippen molar-refractivity contribution in [3.05, 3.63) is 18.2 Å². The monoisotopic (exact) mass is 465 g/mol. The van der Waals surface area contributed by atoms with E-state index in [0.717, 1.165) is 12.1 Å². The van der Waals surface area contributed by atoms with Crippen LogP contribution in [0.3, 0.4) is 0 Å². The Bertz CT molecular complexity index is 874. The van der Waals surface area contributed by atoms with Crippen molar-refractivity contribution in [2.24, 2.45) is 5.92 Å². The molecule has 3 fully saturated rings. The number of sulfonamides is 1. The van der Waals surface area contributed by atoms with Crippen LogP contribution in [-0.2, 0) is 24.3 Å². The predicted octanol–water partition coefficient (Wildman–Crippen LogP) is 2.84. The molecule has 2 heterocycles. The zero-order valence-corrected chi connectivity index (χ0v) is 19.6. The molecule has 0 atom stereocenters. The molecule has 1 aliphatic carbocycles. The van der Waals surface area contributed by atoms with Gasteiger partial charge in [0.25, 0.3) is 0 Å². The summed E-state index contributed by atoms with van der Waals surface area (Å²) in [6.45, 7) is 4.13. The topological polar surface area (TPSA) is 88.2 Å². The lowest BCUT2D eigenvalue weighted by Crippen LogP contribution is -2.40. The number of ether oxygens (including phenoxy) is 2. The molecule has 1 N–H and O–H groups in total. The number of carbonyl (C=O) groups is 1. The molecule has 32 heavy (non-hydrogen) atoms. The van der Waals surface area contributed by atoms with Crippen LogP contribution in [0.5, 0.6) is 0 Å². The van der Waals surface area contributed by atoms with Gasteiger partial charge in [0, 0.05) is 32.6 Å². The number of hydrogen-bond donors (Lipinski definition) is 1. The van der Waals surface area contributed by atoms with Crippen molar-refractivity contribution in [2.75, 3.05) is 62.8 Å². The largest absolute Gasteiger partial charge is 0.379 e. The minimum atomic E-state index is -3.64. The van der Waals surface area contributed by atoms with E-state index in [9.17, 15) is 13.2 Å². The van der Waals surface area contributed by atoms with Gasteiger partial charge >= 0.3 is 0 Å². The summed E-state index contributed by atoms with van der Waals surface area (Å²) < 4.78 is 38.6. The Morgan fingerprint density at radius 1 is 0.969 bits per heavy atom. The Labute approximate surface area is 191 Å². The average Bonchev–Trinajstić information content (AvgIpc) is 2.84. The van der Waals surface area contributed by atoms with E-state index in [2.05, 4.69) is 10.2 Å². The maximum atomic E-state index is 13.2. The van der Waals surface area contributed by atoms with Crippen LogP contribution < -0.4 is 10.2 Å². The first kappa shape index (κ1) is 23.5. The van der Waals surface area contributed by atoms with Gasteiger partial charge in [-0.15, -0.1) is 0 Å². The van der Waals surface area contributed by atoms with Crippen LogP contribution in [0, 0.1) is 5.92 Å². The van der Waals surface area contributed by atoms with Gasteiger partial charge in [-0.1, -0.05) is 32.1 Å². The summed E-state index contributed by atoms with van der Waals surface area (Å²) in [5, 5.41) is 3.03. The summed E-state index contributed by atoms with van der Waals surface area (Å²) in [7, 11) is -3.64. The second kappa shape index (κ2) is 11.0. The summed E-state index contributed by atoms with van der Waals surface area (Å²) in [6.07, 6.45) is 7.59. The lowest BCUT2D eigenvalue weighted by Gasteiger charge is -2.31. The molecule has 9 heteroatoms. The van der Waals surface area contributed by atoms with Crippen LogP contribution in [0.4, 0.5) is 11.4 Å². The number of benzene rings is 1. The molecular formula is C23H35N3O5S. The molecule has 0 unspecified atom stereocenters. The summed E-state index contributed by atoms with van der Waals surface area (Å²) in [4.78, 5) is 15.2. The predicted molar refractivity (Wildman–Crippen MR) is 123 cm³/mol. The highest BCUT2D eigenvalue weighted by Gasteiger charge is 2.28. The van der Waals surface area contributed by atoms with Crippen LogP contribution in [0.1, 0.15) is 44.9 Å². The highest BCUT2D eigenvalue weighted by molar-refractivity contribution is 7.89. The molecule has 2 saturated heterocycles. The van der Waals surface area contributed by atoms with E-state index < -0.39 is 10.0 Å². The van der Waals surface area contributed by atoms with E-state index in [1.54, 1.807) is 12.1 Å². The van der Waals surface area contributed by atoms with Crippen molar-refractivity contribution in [2.45, 2.75) is 49.8 Å². The molecule has 2 aliphatic heterocycles. The molecule has 8 nitrogen and oxygen atoms in total. The minimum absolute atomic E-state index is 0.0500. The van der Waals surface area contributed by atoms with E-state index in [-0.39, 0.29) is 10.8 Å². The van der Waals surface area contributed by atoms with Crippen molar-refractivity contribution >= 4 is 27.3 Å². The summed E-state index contributed by atoms with van der Waals surface area (Å²) in [5.41, 5.74) is 1.41. The Kier molecular flexibility index (Phi) is 8.04. The van der Waals surface area contributed by atoms with Crippen molar-refractivity contribution in [3.8, 4) is 0 Å². The van der Waals surface area contributed by atoms with Crippen molar-refractivity contribution in [1.29, 1.82) is 0 Å². The number of morpholine rings is 2. The summed E-state index contributed by atoms with van der Waals surface area (Å²) >= 11 is 0. The Morgan fingerprint density at radius 3 is 2.31 bits per heavy atom. The van der Waals surface area contributed by atoms with Gasteiger partial charge in [0.1, 0.15) is 0 Å². The van der Waals surface area contributed by atoms with Gasteiger partial charge in [-0.25, -0.2) is 8.42 Å². The fraction of sp³-hybridized carbons (Fsp3) is 0.696. The molecular weight excluding hydrogens is 430 g/mol. The van der Waals surface area contributed by atoms with Gasteiger partial charge in [-0.05, 0) is 30.5 Å². The third-order valence-electron chi connectivity index (χ3n) is 6.71. The van der Waals surface area contributed by atoms with Crippen molar-refractivity contribution in [3.63, 3.8) is 0 Å². The number of nitrogens with one attached hydrogen (secondary N) is 1. The summed E-state index contributed by atoms with van der Waals surface area (Å²) in [6, 6.07) is 5.08. The van der Waals surface area contributed by atoms with E-state index >= 15 is 0 Å². The van der Waals surface area contributed by atoms with Gasteiger partial charge < -0.3 is 19.7 Å². The number of rotatable bonds is 7. The maximum absolute atomic E-state index is 13.2. The first-order chi connectivity index (χ1) is 15.5. The highest BCUT2D eigenvalue weighted by Crippen LogP contribution is 2.32. The molecule has 1 aromatic rings. The number of nitrogens with zero attached hydrogens (tertiary/aromatic N) is 2. The molecule has 0 bridgehead atoms. The molecule has 0 spiro atoms. The van der Waals surface area contributed by atoms with Crippen LogP contribution in [0.25, 0.3) is 0 Å². The lowest BCUT2D eigenvalue weighted by atomic mass is 9.86. The van der Waals surface area contributed by atoms with Crippen LogP contribution >= 0.6 is 0 Å². The fourth-order valence-corrected chi connectivity index (χ4v) is 6.25. The first-order valence-corrected chi connectivity index (χ1v) is 13.3. The molecule has 4 rings (SSSR count). The minimum Gasteiger partial charge on any atom is -0.379 e. The lowest BCUT2D eigenvalue weighted by molar-refractivity contribution is -0.116. The standard InChI is InChI=1S/C23H35N3O5S/c27-23(9-6-19-4-2-1-3-5-19)24-21-18-20(32(28,29)26-12-16-31-17-13-26)7-8-22(21)25-10-14-30-15-11-25/h7-8,18-19H,1-6,9-17H2,(H,24,27). The Hall–Kier alpha value is -1.68. The maximum Gasteiger partial charge on any atom is 0.243 e. The van der Waals surface area contributed by atoms with Crippen LogP contribution in [0.15, 0.2) is 23.1 Å². The fourth-order valence-electron chi connectivity index (χ4n) is 4.82. The highest BCUT2D eigenvalue weighted by atomic mass is 32.2. The van der Waals surface area contributed by atoms with Gasteiger partial charge in [0.05, 0.1) is 42.7 Å². The average molecular weight is 466 g/mol. The van der Waals surface area contributed by atoms with E-state index in [0.29, 0.717) is 70.6 Å². The zero-order chi connectivity index (χ0) is 22.4.